The van der Waals surface area contributed by atoms with Gasteiger partial charge in [0.1, 0.15) is 23.1 Å². The van der Waals surface area contributed by atoms with Gasteiger partial charge in [-0.15, -0.1) is 0 Å². The highest BCUT2D eigenvalue weighted by atomic mass is 32.2. The Morgan fingerprint density at radius 3 is 1.58 bits per heavy atom. The average Bonchev–Trinajstić information content (AvgIpc) is 2.62. The molecule has 26 heavy (non-hydrogen) atoms. The molecule has 0 aliphatic carbocycles. The topological polar surface area (TPSA) is 81.7 Å². The Hall–Kier alpha value is -0.930. The van der Waals surface area contributed by atoms with E-state index in [1.54, 1.807) is 12.1 Å². The van der Waals surface area contributed by atoms with Gasteiger partial charge in [-0.25, -0.2) is 8.78 Å². The van der Waals surface area contributed by atoms with Crippen LogP contribution in [0.5, 0.6) is 0 Å². The quantitative estimate of drug-likeness (QED) is 0.432. The molecule has 2 aromatic rings. The van der Waals surface area contributed by atoms with Crippen molar-refractivity contribution in [3.8, 4) is 0 Å². The Balaban J connectivity index is 1.68. The van der Waals surface area contributed by atoms with Crippen molar-refractivity contribution in [1.82, 2.24) is 0 Å². The molecule has 0 unspecified atom stereocenters. The standard InChI is InChI=1S/C16H17F2O5PS2/c17-15-7-3-1-5-13(15)9-25(20)11-22-24(19)23-12-26(21)10-14-6-2-4-8-16(14)18/h1-8,24H,9-12H2/t25-,26-/m0/s1. The molecule has 5 nitrogen and oxygen atoms in total. The molecule has 0 amide bonds. The van der Waals surface area contributed by atoms with Gasteiger partial charge < -0.3 is 9.11 Å². The van der Waals surface area contributed by atoms with Crippen molar-refractivity contribution in [1.29, 1.82) is 0 Å². The van der Waals surface area contributed by atoms with Crippen LogP contribution in [-0.2, 0) is 47.5 Å². The molecule has 0 aliphatic heterocycles. The third kappa shape index (κ3) is 7.36. The summed E-state index contributed by atoms with van der Waals surface area (Å²) in [4.78, 5) is 0. The molecule has 0 aromatic heterocycles. The molecule has 142 valence electrons. The first kappa shape index (κ1) is 21.4. The third-order valence-electron chi connectivity index (χ3n) is 3.17. The van der Waals surface area contributed by atoms with Gasteiger partial charge in [-0.1, -0.05) is 36.4 Å². The molecule has 2 rings (SSSR count). The summed E-state index contributed by atoms with van der Waals surface area (Å²) in [6.07, 6.45) is 0. The number of hydrogen-bond acceptors (Lipinski definition) is 5. The highest BCUT2D eigenvalue weighted by molar-refractivity contribution is 7.90. The summed E-state index contributed by atoms with van der Waals surface area (Å²) in [5, 5.41) is 0. The van der Waals surface area contributed by atoms with Gasteiger partial charge in [-0.3, -0.25) is 13.6 Å². The molecule has 0 saturated carbocycles. The Morgan fingerprint density at radius 2 is 1.19 bits per heavy atom. The largest absolute Gasteiger partial charge is 0.614 e. The second-order valence-electron chi connectivity index (χ2n) is 5.13. The van der Waals surface area contributed by atoms with E-state index in [4.69, 9.17) is 9.05 Å². The predicted molar refractivity (Wildman–Crippen MR) is 97.4 cm³/mol. The number of rotatable bonds is 10. The van der Waals surface area contributed by atoms with E-state index in [0.717, 1.165) is 0 Å². The van der Waals surface area contributed by atoms with Gasteiger partial charge in [0, 0.05) is 11.1 Å². The van der Waals surface area contributed by atoms with Crippen LogP contribution in [0.15, 0.2) is 48.5 Å². The molecule has 0 saturated heterocycles. The van der Waals surface area contributed by atoms with Crippen molar-refractivity contribution in [2.24, 2.45) is 0 Å². The van der Waals surface area contributed by atoms with Crippen LogP contribution in [0.4, 0.5) is 8.78 Å². The van der Waals surface area contributed by atoms with Crippen LogP contribution < -0.4 is 0 Å². The molecule has 0 heterocycles. The lowest BCUT2D eigenvalue weighted by Gasteiger charge is -2.13. The minimum atomic E-state index is -3.01. The van der Waals surface area contributed by atoms with Crippen molar-refractivity contribution < 1.29 is 31.5 Å². The molecule has 0 fully saturated rings. The van der Waals surface area contributed by atoms with Gasteiger partial charge in [0.2, 0.25) is 11.9 Å². The lowest BCUT2D eigenvalue weighted by Crippen LogP contribution is -2.13. The van der Waals surface area contributed by atoms with E-state index in [2.05, 4.69) is 0 Å². The first-order valence-corrected chi connectivity index (χ1v) is 11.6. The highest BCUT2D eigenvalue weighted by Gasteiger charge is 2.16. The molecule has 0 aliphatic rings. The van der Waals surface area contributed by atoms with Gasteiger partial charge in [0.25, 0.3) is 0 Å². The van der Waals surface area contributed by atoms with Crippen molar-refractivity contribution in [3.63, 3.8) is 0 Å². The predicted octanol–water partition coefficient (Wildman–Crippen LogP) is 3.50. The fraction of sp³-hybridized carbons (Fsp3) is 0.250. The SMILES string of the molecule is O=[PH](OC[S@@+]([O-])Cc1ccccc1F)OC[S@@+]([O-])Cc1ccccc1F. The number of benzene rings is 2. The van der Waals surface area contributed by atoms with E-state index in [0.29, 0.717) is 0 Å². The first-order chi connectivity index (χ1) is 12.5. The van der Waals surface area contributed by atoms with Crippen LogP contribution >= 0.6 is 8.25 Å². The van der Waals surface area contributed by atoms with Crippen molar-refractivity contribution in [2.75, 3.05) is 11.9 Å². The Labute approximate surface area is 157 Å². The number of halogens is 2. The van der Waals surface area contributed by atoms with E-state index >= 15 is 0 Å². The summed E-state index contributed by atoms with van der Waals surface area (Å²) in [5.74, 6) is -1.91. The zero-order valence-corrected chi connectivity index (χ0v) is 16.2. The highest BCUT2D eigenvalue weighted by Crippen LogP contribution is 2.26. The molecule has 0 radical (unpaired) electrons. The third-order valence-corrected chi connectivity index (χ3v) is 6.37. The zero-order chi connectivity index (χ0) is 18.9. The second kappa shape index (κ2) is 11.0. The van der Waals surface area contributed by atoms with Crippen molar-refractivity contribution in [3.05, 3.63) is 71.3 Å². The van der Waals surface area contributed by atoms with Gasteiger partial charge in [-0.05, 0) is 34.5 Å². The summed E-state index contributed by atoms with van der Waals surface area (Å²) in [6.45, 7) is 0. The average molecular weight is 422 g/mol. The van der Waals surface area contributed by atoms with Gasteiger partial charge in [0.15, 0.2) is 0 Å². The van der Waals surface area contributed by atoms with Gasteiger partial charge in [-0.2, -0.15) is 0 Å². The minimum Gasteiger partial charge on any atom is -0.614 e. The lowest BCUT2D eigenvalue weighted by molar-refractivity contribution is 0.275. The summed E-state index contributed by atoms with van der Waals surface area (Å²) in [5.41, 5.74) is 0.530. The minimum absolute atomic E-state index is 0.0823. The molecule has 10 heteroatoms. The molecular weight excluding hydrogens is 405 g/mol. The smallest absolute Gasteiger partial charge is 0.326 e. The molecule has 0 spiro atoms. The molecule has 0 bridgehead atoms. The number of hydrogen-bond donors (Lipinski definition) is 0. The monoisotopic (exact) mass is 422 g/mol. The maximum Gasteiger partial charge on any atom is 0.326 e. The lowest BCUT2D eigenvalue weighted by atomic mass is 10.2. The van der Waals surface area contributed by atoms with Crippen LogP contribution in [0.25, 0.3) is 0 Å². The normalized spacial score (nSPS) is 13.7. The van der Waals surface area contributed by atoms with Gasteiger partial charge >= 0.3 is 8.25 Å². The van der Waals surface area contributed by atoms with E-state index < -0.39 is 54.1 Å². The van der Waals surface area contributed by atoms with Crippen LogP contribution in [0, 0.1) is 11.6 Å². The van der Waals surface area contributed by atoms with Crippen LogP contribution in [0.1, 0.15) is 11.1 Å². The Kier molecular flexibility index (Phi) is 9.07. The summed E-state index contributed by atoms with van der Waals surface area (Å²) >= 11 is -3.19. The maximum absolute atomic E-state index is 13.4. The van der Waals surface area contributed by atoms with Gasteiger partial charge in [0.05, 0.1) is 0 Å². The molecule has 2 aromatic carbocycles. The fourth-order valence-corrected chi connectivity index (χ4v) is 5.16. The van der Waals surface area contributed by atoms with E-state index in [-0.39, 0.29) is 22.6 Å². The maximum atomic E-state index is 13.4. The van der Waals surface area contributed by atoms with Crippen LogP contribution in [-0.4, -0.2) is 21.0 Å². The van der Waals surface area contributed by atoms with Crippen molar-refractivity contribution >= 4 is 30.6 Å². The summed E-state index contributed by atoms with van der Waals surface area (Å²) in [6, 6.07) is 11.8. The van der Waals surface area contributed by atoms with Crippen LogP contribution in [0.3, 0.4) is 0 Å². The Morgan fingerprint density at radius 1 is 0.808 bits per heavy atom. The van der Waals surface area contributed by atoms with E-state index in [9.17, 15) is 22.5 Å². The second-order valence-corrected chi connectivity index (χ2v) is 9.01. The van der Waals surface area contributed by atoms with E-state index in [1.807, 2.05) is 0 Å². The molecule has 2 atom stereocenters. The van der Waals surface area contributed by atoms with Crippen molar-refractivity contribution in [2.45, 2.75) is 11.5 Å². The Bertz CT molecular complexity index is 678. The summed E-state index contributed by atoms with van der Waals surface area (Å²) in [7, 11) is -3.01. The van der Waals surface area contributed by atoms with E-state index in [1.165, 1.54) is 36.4 Å². The molecule has 0 N–H and O–H groups in total. The summed E-state index contributed by atoms with van der Waals surface area (Å²) < 4.78 is 71.8. The van der Waals surface area contributed by atoms with Crippen LogP contribution in [0.2, 0.25) is 0 Å². The fourth-order valence-electron chi connectivity index (χ4n) is 1.93. The zero-order valence-electron chi connectivity index (χ0n) is 13.6. The first-order valence-electron chi connectivity index (χ1n) is 7.42. The molecular formula is C16H17F2O5PS2.